The van der Waals surface area contributed by atoms with Gasteiger partial charge in [0.2, 0.25) is 0 Å². The van der Waals surface area contributed by atoms with Crippen LogP contribution < -0.4 is 21.7 Å². The number of carbonyl (C=O) groups excluding carboxylic acids is 2. The third kappa shape index (κ3) is 5.18. The molecule has 4 aliphatic rings. The quantitative estimate of drug-likeness (QED) is 0.374. The number of amides is 2. The van der Waals surface area contributed by atoms with Crippen LogP contribution in [0.1, 0.15) is 58.8 Å². The van der Waals surface area contributed by atoms with E-state index in [-0.39, 0.29) is 58.7 Å². The van der Waals surface area contributed by atoms with Gasteiger partial charge >= 0.3 is 6.09 Å². The zero-order chi connectivity index (χ0) is 28.8. The molecule has 2 fully saturated rings. The molecule has 9 nitrogen and oxygen atoms in total. The number of nitrogens with two attached hydrogens (primary N) is 1. The fraction of sp³-hybridized carbons (Fsp3) is 0.379. The number of aromatic nitrogens is 2. The summed E-state index contributed by atoms with van der Waals surface area (Å²) in [4.78, 5) is 34.8. The van der Waals surface area contributed by atoms with Crippen LogP contribution in [0.15, 0.2) is 36.7 Å². The van der Waals surface area contributed by atoms with E-state index >= 15 is 8.78 Å². The SMILES string of the molecule is C[C@H]1C[C@@H]2C[C@@H](N)[C@H]1NC(=O)OCc1c(C3COC3)cc(F)c(c1P)-c1nc(ccc1F)C(=O)Nc1cnccc12. The molecule has 3 aromatic rings. The Hall–Kier alpha value is -3.53. The maximum Gasteiger partial charge on any atom is 0.407 e. The lowest BCUT2D eigenvalue weighted by molar-refractivity contribution is 0.00753. The predicted molar refractivity (Wildman–Crippen MR) is 151 cm³/mol. The summed E-state index contributed by atoms with van der Waals surface area (Å²) in [6, 6.07) is 4.76. The first-order valence-electron chi connectivity index (χ1n) is 13.5. The summed E-state index contributed by atoms with van der Waals surface area (Å²) in [7, 11) is 2.43. The monoisotopic (exact) mass is 581 g/mol. The third-order valence-corrected chi connectivity index (χ3v) is 8.96. The van der Waals surface area contributed by atoms with Crippen molar-refractivity contribution in [2.24, 2.45) is 11.7 Å². The summed E-state index contributed by atoms with van der Waals surface area (Å²) in [5, 5.41) is 6.06. The van der Waals surface area contributed by atoms with Crippen LogP contribution in [0.3, 0.4) is 0 Å². The molecular formula is C29H30F2N5O4P. The lowest BCUT2D eigenvalue weighted by Crippen LogP contribution is -2.54. The van der Waals surface area contributed by atoms with E-state index in [0.29, 0.717) is 42.9 Å². The van der Waals surface area contributed by atoms with E-state index in [4.69, 9.17) is 15.2 Å². The van der Waals surface area contributed by atoms with Crippen molar-refractivity contribution in [1.29, 1.82) is 0 Å². The molecule has 214 valence electrons. The zero-order valence-electron chi connectivity index (χ0n) is 22.3. The molecule has 7 rings (SSSR count). The Balaban J connectivity index is 1.49. The molecule has 1 saturated heterocycles. The molecule has 1 aromatic carbocycles. The van der Waals surface area contributed by atoms with Gasteiger partial charge in [-0.05, 0) is 65.4 Å². The number of halogens is 2. The Morgan fingerprint density at radius 1 is 1.07 bits per heavy atom. The van der Waals surface area contributed by atoms with Gasteiger partial charge in [-0.2, -0.15) is 0 Å². The van der Waals surface area contributed by atoms with E-state index in [1.165, 1.54) is 12.1 Å². The number of pyridine rings is 2. The maximum absolute atomic E-state index is 15.7. The van der Waals surface area contributed by atoms with Crippen molar-refractivity contribution < 1.29 is 27.8 Å². The molecule has 1 saturated carbocycles. The largest absolute Gasteiger partial charge is 0.445 e. The third-order valence-electron chi connectivity index (χ3n) is 8.32. The molecule has 0 radical (unpaired) electrons. The number of hydrogen-bond donors (Lipinski definition) is 3. The molecule has 4 N–H and O–H groups in total. The van der Waals surface area contributed by atoms with Gasteiger partial charge in [-0.1, -0.05) is 6.92 Å². The topological polar surface area (TPSA) is 128 Å². The summed E-state index contributed by atoms with van der Waals surface area (Å²) in [6.45, 7) is 2.60. The van der Waals surface area contributed by atoms with E-state index in [1.54, 1.807) is 12.4 Å². The molecule has 5 atom stereocenters. The van der Waals surface area contributed by atoms with E-state index in [9.17, 15) is 9.59 Å². The summed E-state index contributed by atoms with van der Waals surface area (Å²) >= 11 is 0. The molecule has 3 aliphatic heterocycles. The smallest absolute Gasteiger partial charge is 0.407 e. The van der Waals surface area contributed by atoms with Crippen LogP contribution in [0.2, 0.25) is 0 Å². The summed E-state index contributed by atoms with van der Waals surface area (Å²) in [5.74, 6) is -2.21. The molecule has 1 aliphatic carbocycles. The molecule has 1 unspecified atom stereocenters. The van der Waals surface area contributed by atoms with Gasteiger partial charge in [-0.25, -0.2) is 18.6 Å². The van der Waals surface area contributed by atoms with Gasteiger partial charge in [0.05, 0.1) is 25.1 Å². The summed E-state index contributed by atoms with van der Waals surface area (Å²) < 4.78 is 41.8. The molecular weight excluding hydrogens is 551 g/mol. The molecule has 2 amide bonds. The number of anilines is 1. The first-order valence-corrected chi connectivity index (χ1v) is 14.1. The fourth-order valence-electron chi connectivity index (χ4n) is 6.12. The molecule has 5 heterocycles. The second kappa shape index (κ2) is 11.0. The minimum atomic E-state index is -0.801. The van der Waals surface area contributed by atoms with Crippen LogP contribution in [0.25, 0.3) is 11.3 Å². The number of fused-ring (bicyclic) bond motifs is 6. The Morgan fingerprint density at radius 2 is 1.88 bits per heavy atom. The first-order chi connectivity index (χ1) is 19.7. The highest BCUT2D eigenvalue weighted by Crippen LogP contribution is 2.39. The molecule has 6 bridgehead atoms. The van der Waals surface area contributed by atoms with Gasteiger partial charge in [0.1, 0.15) is 29.6 Å². The van der Waals surface area contributed by atoms with E-state index < -0.39 is 23.6 Å². The summed E-state index contributed by atoms with van der Waals surface area (Å²) in [6.07, 6.45) is 3.80. The van der Waals surface area contributed by atoms with Gasteiger partial charge in [0.15, 0.2) is 0 Å². The minimum absolute atomic E-state index is 0.00521. The van der Waals surface area contributed by atoms with Crippen LogP contribution >= 0.6 is 9.24 Å². The van der Waals surface area contributed by atoms with Crippen molar-refractivity contribution >= 4 is 32.2 Å². The zero-order valence-corrected chi connectivity index (χ0v) is 23.5. The van der Waals surface area contributed by atoms with Crippen LogP contribution in [-0.2, 0) is 16.1 Å². The van der Waals surface area contributed by atoms with Gasteiger partial charge in [-0.15, -0.1) is 9.24 Å². The molecule has 2 aromatic heterocycles. The Kier molecular flexibility index (Phi) is 7.44. The number of nitrogens with one attached hydrogen (secondary N) is 2. The van der Waals surface area contributed by atoms with Gasteiger partial charge in [0.25, 0.3) is 5.91 Å². The summed E-state index contributed by atoms with van der Waals surface area (Å²) in [5.41, 5.74) is 8.45. The average molecular weight is 582 g/mol. The number of carbonyl (C=O) groups is 2. The number of nitrogens with zero attached hydrogens (tertiary/aromatic N) is 2. The second-order valence-corrected chi connectivity index (χ2v) is 11.5. The van der Waals surface area contributed by atoms with Crippen molar-refractivity contribution in [3.05, 3.63) is 70.7 Å². The average Bonchev–Trinajstić information content (AvgIpc) is 2.90. The van der Waals surface area contributed by atoms with Crippen molar-refractivity contribution in [3.63, 3.8) is 0 Å². The van der Waals surface area contributed by atoms with Crippen molar-refractivity contribution in [2.45, 2.75) is 50.3 Å². The maximum atomic E-state index is 15.7. The number of hydrogen-bond acceptors (Lipinski definition) is 7. The molecule has 0 spiro atoms. The lowest BCUT2D eigenvalue weighted by Gasteiger charge is -2.39. The number of rotatable bonds is 1. The first kappa shape index (κ1) is 27.6. The van der Waals surface area contributed by atoms with Crippen LogP contribution in [-0.4, -0.2) is 47.3 Å². The van der Waals surface area contributed by atoms with Crippen LogP contribution in [0, 0.1) is 17.6 Å². The highest BCUT2D eigenvalue weighted by atomic mass is 31.0. The van der Waals surface area contributed by atoms with E-state index in [2.05, 4.69) is 29.8 Å². The highest BCUT2D eigenvalue weighted by Gasteiger charge is 2.37. The predicted octanol–water partition coefficient (Wildman–Crippen LogP) is 3.74. The number of alkyl carbamates (subject to hydrolysis) is 1. The lowest BCUT2D eigenvalue weighted by atomic mass is 9.73. The van der Waals surface area contributed by atoms with Gasteiger partial charge in [-0.3, -0.25) is 9.78 Å². The van der Waals surface area contributed by atoms with Crippen molar-refractivity contribution in [2.75, 3.05) is 18.5 Å². The van der Waals surface area contributed by atoms with Gasteiger partial charge < -0.3 is 25.8 Å². The van der Waals surface area contributed by atoms with E-state index in [0.717, 1.165) is 11.6 Å². The van der Waals surface area contributed by atoms with Crippen LogP contribution in [0.5, 0.6) is 0 Å². The fourth-order valence-corrected chi connectivity index (χ4v) is 6.64. The second-order valence-electron chi connectivity index (χ2n) is 10.9. The Bertz CT molecular complexity index is 1520. The van der Waals surface area contributed by atoms with E-state index in [1.807, 2.05) is 13.0 Å². The standard InChI is InChI=1S/C29H30F2N5O4P/c1-13-6-14-7-21(32)25(13)36-29(38)40-12-18-17(15-10-39-11-15)8-20(31)24(27(18)41)26-19(30)2-3-22(34-26)28(37)35-23-9-33-5-4-16(14)23/h2-5,8-9,13-15,21,25H,6-7,10-12,32,41H2,1H3,(H,35,37)(H,36,38)/t13-,14+,21+,25-/m0/s1. The number of ether oxygens (including phenoxy) is 2. The Morgan fingerprint density at radius 3 is 2.61 bits per heavy atom. The molecule has 12 heteroatoms. The normalized spacial score (nSPS) is 24.7. The van der Waals surface area contributed by atoms with Crippen molar-refractivity contribution in [1.82, 2.24) is 15.3 Å². The minimum Gasteiger partial charge on any atom is -0.445 e. The number of benzene rings is 1. The molecule has 41 heavy (non-hydrogen) atoms. The van der Waals surface area contributed by atoms with Crippen molar-refractivity contribution in [3.8, 4) is 11.3 Å². The highest BCUT2D eigenvalue weighted by molar-refractivity contribution is 7.28. The Labute approximate surface area is 237 Å². The van der Waals surface area contributed by atoms with Gasteiger partial charge in [0, 0.05) is 35.3 Å². The van der Waals surface area contributed by atoms with Crippen LogP contribution in [0.4, 0.5) is 19.3 Å².